The van der Waals surface area contributed by atoms with Crippen LogP contribution in [-0.4, -0.2) is 13.2 Å². The number of aryl methyl sites for hydroxylation is 1. The number of nitrogens with one attached hydrogen (secondary N) is 1. The highest BCUT2D eigenvalue weighted by atomic mass is 16.5. The standard InChI is InChI=1S/C13H19NO/c1-10-5-4-6-11(7-10)12-14-8-13(2,3)9-15-12/h4-7,12,14H,8-9H2,1-3H3. The summed E-state index contributed by atoms with van der Waals surface area (Å²) in [5.74, 6) is 0. The molecule has 1 unspecified atom stereocenters. The fraction of sp³-hybridized carbons (Fsp3) is 0.538. The van der Waals surface area contributed by atoms with Gasteiger partial charge in [0.05, 0.1) is 6.61 Å². The van der Waals surface area contributed by atoms with E-state index in [1.54, 1.807) is 0 Å². The molecule has 1 saturated heterocycles. The molecule has 1 fully saturated rings. The number of hydrogen-bond acceptors (Lipinski definition) is 2. The molecule has 1 aromatic carbocycles. The van der Waals surface area contributed by atoms with Gasteiger partial charge in [-0.05, 0) is 12.5 Å². The molecule has 0 radical (unpaired) electrons. The number of rotatable bonds is 1. The Morgan fingerprint density at radius 1 is 1.40 bits per heavy atom. The summed E-state index contributed by atoms with van der Waals surface area (Å²) in [5.41, 5.74) is 2.76. The van der Waals surface area contributed by atoms with Gasteiger partial charge in [-0.2, -0.15) is 0 Å². The Kier molecular flexibility index (Phi) is 2.81. The summed E-state index contributed by atoms with van der Waals surface area (Å²) in [5, 5.41) is 3.43. The lowest BCUT2D eigenvalue weighted by Gasteiger charge is -2.35. The zero-order chi connectivity index (χ0) is 10.9. The maximum atomic E-state index is 5.82. The van der Waals surface area contributed by atoms with Crippen LogP contribution in [0, 0.1) is 12.3 Å². The molecule has 0 bridgehead atoms. The van der Waals surface area contributed by atoms with Gasteiger partial charge >= 0.3 is 0 Å². The normalized spacial score (nSPS) is 25.1. The molecule has 1 aliphatic heterocycles. The Morgan fingerprint density at radius 2 is 2.20 bits per heavy atom. The zero-order valence-corrected chi connectivity index (χ0v) is 9.71. The van der Waals surface area contributed by atoms with Crippen molar-refractivity contribution in [3.63, 3.8) is 0 Å². The smallest absolute Gasteiger partial charge is 0.134 e. The molecular weight excluding hydrogens is 186 g/mol. The minimum absolute atomic E-state index is 0.0675. The SMILES string of the molecule is Cc1cccc(C2NCC(C)(C)CO2)c1. The van der Waals surface area contributed by atoms with Gasteiger partial charge in [0, 0.05) is 12.0 Å². The van der Waals surface area contributed by atoms with Crippen molar-refractivity contribution in [1.82, 2.24) is 5.32 Å². The first kappa shape index (κ1) is 10.7. The van der Waals surface area contributed by atoms with Crippen LogP contribution in [0.2, 0.25) is 0 Å². The summed E-state index contributed by atoms with van der Waals surface area (Å²) < 4.78 is 5.82. The van der Waals surface area contributed by atoms with Gasteiger partial charge in [0.2, 0.25) is 0 Å². The largest absolute Gasteiger partial charge is 0.358 e. The summed E-state index contributed by atoms with van der Waals surface area (Å²) >= 11 is 0. The van der Waals surface area contributed by atoms with E-state index in [2.05, 4.69) is 50.4 Å². The third kappa shape index (κ3) is 2.58. The van der Waals surface area contributed by atoms with Crippen molar-refractivity contribution in [2.45, 2.75) is 27.0 Å². The van der Waals surface area contributed by atoms with Crippen LogP contribution in [0.25, 0.3) is 0 Å². The number of hydrogen-bond donors (Lipinski definition) is 1. The minimum Gasteiger partial charge on any atom is -0.358 e. The Hall–Kier alpha value is -0.860. The quantitative estimate of drug-likeness (QED) is 0.761. The topological polar surface area (TPSA) is 21.3 Å². The summed E-state index contributed by atoms with van der Waals surface area (Å²) in [7, 11) is 0. The predicted octanol–water partition coefficient (Wildman–Crippen LogP) is 2.64. The lowest BCUT2D eigenvalue weighted by atomic mass is 9.93. The maximum Gasteiger partial charge on any atom is 0.134 e. The summed E-state index contributed by atoms with van der Waals surface area (Å²) in [6, 6.07) is 8.48. The van der Waals surface area contributed by atoms with Gasteiger partial charge in [-0.25, -0.2) is 0 Å². The zero-order valence-electron chi connectivity index (χ0n) is 9.71. The second-order valence-corrected chi connectivity index (χ2v) is 5.15. The summed E-state index contributed by atoms with van der Waals surface area (Å²) in [6.07, 6.45) is 0.0675. The van der Waals surface area contributed by atoms with Crippen molar-refractivity contribution in [2.24, 2.45) is 5.41 Å². The average molecular weight is 205 g/mol. The molecule has 0 spiro atoms. The first-order valence-electron chi connectivity index (χ1n) is 5.48. The monoisotopic (exact) mass is 205 g/mol. The molecule has 1 N–H and O–H groups in total. The van der Waals surface area contributed by atoms with Crippen molar-refractivity contribution in [3.05, 3.63) is 35.4 Å². The van der Waals surface area contributed by atoms with Crippen molar-refractivity contribution >= 4 is 0 Å². The highest BCUT2D eigenvalue weighted by Gasteiger charge is 2.27. The van der Waals surface area contributed by atoms with Gasteiger partial charge in [-0.1, -0.05) is 43.7 Å². The third-order valence-electron chi connectivity index (χ3n) is 2.75. The van der Waals surface area contributed by atoms with Gasteiger partial charge in [0.25, 0.3) is 0 Å². The van der Waals surface area contributed by atoms with Gasteiger partial charge in [-0.15, -0.1) is 0 Å². The predicted molar refractivity (Wildman–Crippen MR) is 61.7 cm³/mol. The maximum absolute atomic E-state index is 5.82. The molecule has 2 rings (SSSR count). The molecule has 0 aliphatic carbocycles. The molecule has 82 valence electrons. The minimum atomic E-state index is 0.0675. The van der Waals surface area contributed by atoms with Crippen LogP contribution >= 0.6 is 0 Å². The first-order chi connectivity index (χ1) is 7.07. The Bertz CT molecular complexity index is 336. The van der Waals surface area contributed by atoms with E-state index in [1.807, 2.05) is 0 Å². The molecule has 0 saturated carbocycles. The highest BCUT2D eigenvalue weighted by molar-refractivity contribution is 5.24. The second kappa shape index (κ2) is 3.95. The van der Waals surface area contributed by atoms with Gasteiger partial charge in [0.15, 0.2) is 0 Å². The third-order valence-corrected chi connectivity index (χ3v) is 2.75. The lowest BCUT2D eigenvalue weighted by molar-refractivity contribution is -0.0595. The number of ether oxygens (including phenoxy) is 1. The van der Waals surface area contributed by atoms with Crippen LogP contribution in [0.5, 0.6) is 0 Å². The van der Waals surface area contributed by atoms with E-state index in [9.17, 15) is 0 Å². The Morgan fingerprint density at radius 3 is 2.80 bits per heavy atom. The first-order valence-corrected chi connectivity index (χ1v) is 5.48. The van der Waals surface area contributed by atoms with E-state index in [1.165, 1.54) is 11.1 Å². The molecule has 15 heavy (non-hydrogen) atoms. The van der Waals surface area contributed by atoms with E-state index in [0.29, 0.717) is 0 Å². The van der Waals surface area contributed by atoms with Crippen LogP contribution in [0.3, 0.4) is 0 Å². The highest BCUT2D eigenvalue weighted by Crippen LogP contribution is 2.26. The fourth-order valence-corrected chi connectivity index (χ4v) is 1.84. The molecule has 1 heterocycles. The molecule has 2 nitrogen and oxygen atoms in total. The van der Waals surface area contributed by atoms with E-state index in [0.717, 1.165) is 13.2 Å². The molecule has 1 atom stereocenters. The molecule has 1 aromatic rings. The molecular formula is C13H19NO. The lowest BCUT2D eigenvalue weighted by Crippen LogP contribution is -2.43. The van der Waals surface area contributed by atoms with E-state index in [-0.39, 0.29) is 11.6 Å². The van der Waals surface area contributed by atoms with Crippen molar-refractivity contribution < 1.29 is 4.74 Å². The Balaban J connectivity index is 2.08. The van der Waals surface area contributed by atoms with Gasteiger partial charge in [0.1, 0.15) is 6.23 Å². The molecule has 0 aromatic heterocycles. The number of benzene rings is 1. The summed E-state index contributed by atoms with van der Waals surface area (Å²) in [4.78, 5) is 0. The van der Waals surface area contributed by atoms with Gasteiger partial charge < -0.3 is 4.74 Å². The van der Waals surface area contributed by atoms with Gasteiger partial charge in [-0.3, -0.25) is 5.32 Å². The van der Waals surface area contributed by atoms with Crippen molar-refractivity contribution in [2.75, 3.05) is 13.2 Å². The van der Waals surface area contributed by atoms with Crippen molar-refractivity contribution in [3.8, 4) is 0 Å². The van der Waals surface area contributed by atoms with Crippen LogP contribution < -0.4 is 5.32 Å². The summed E-state index contributed by atoms with van der Waals surface area (Å²) in [6.45, 7) is 8.36. The van der Waals surface area contributed by atoms with E-state index >= 15 is 0 Å². The molecule has 1 aliphatic rings. The second-order valence-electron chi connectivity index (χ2n) is 5.15. The van der Waals surface area contributed by atoms with Crippen LogP contribution in [0.15, 0.2) is 24.3 Å². The van der Waals surface area contributed by atoms with Crippen LogP contribution in [0.4, 0.5) is 0 Å². The van der Waals surface area contributed by atoms with Crippen molar-refractivity contribution in [1.29, 1.82) is 0 Å². The van der Waals surface area contributed by atoms with E-state index < -0.39 is 0 Å². The van der Waals surface area contributed by atoms with E-state index in [4.69, 9.17) is 4.74 Å². The fourth-order valence-electron chi connectivity index (χ4n) is 1.84. The van der Waals surface area contributed by atoms with Crippen LogP contribution in [-0.2, 0) is 4.74 Å². The molecule has 2 heteroatoms. The Labute approximate surface area is 91.6 Å². The molecule has 0 amide bonds. The van der Waals surface area contributed by atoms with Crippen LogP contribution in [0.1, 0.15) is 31.2 Å². The average Bonchev–Trinajstić information content (AvgIpc) is 2.17.